The molecule has 0 aliphatic heterocycles. The average molecular weight is 455 g/mol. The highest BCUT2D eigenvalue weighted by molar-refractivity contribution is 7.18. The van der Waals surface area contributed by atoms with Crippen molar-refractivity contribution in [3.8, 4) is 11.3 Å². The number of aromatic nitrogens is 2. The number of non-ortho nitro benzene ring substituents is 1. The van der Waals surface area contributed by atoms with E-state index in [1.165, 1.54) is 40.3 Å². The molecular formula is C21H15ClN4O4S. The van der Waals surface area contributed by atoms with Gasteiger partial charge in [0.1, 0.15) is 22.7 Å². The molecule has 0 unspecified atom stereocenters. The first-order valence-corrected chi connectivity index (χ1v) is 10.8. The number of fused-ring (bicyclic) bond motifs is 3. The monoisotopic (exact) mass is 454 g/mol. The molecule has 0 N–H and O–H groups in total. The van der Waals surface area contributed by atoms with Crippen LogP contribution in [0.4, 0.5) is 5.69 Å². The van der Waals surface area contributed by atoms with Crippen LogP contribution in [0.1, 0.15) is 29.0 Å². The van der Waals surface area contributed by atoms with Crippen molar-refractivity contribution in [3.05, 3.63) is 78.4 Å². The van der Waals surface area contributed by atoms with Crippen molar-refractivity contribution in [3.63, 3.8) is 0 Å². The lowest BCUT2D eigenvalue weighted by Crippen LogP contribution is -2.17. The molecule has 1 aliphatic carbocycles. The minimum Gasteiger partial charge on any atom is -0.455 e. The normalized spacial score (nSPS) is 13.7. The number of furan rings is 1. The van der Waals surface area contributed by atoms with Gasteiger partial charge in [-0.15, -0.1) is 11.3 Å². The molecule has 10 heteroatoms. The Balaban J connectivity index is 1.45. The van der Waals surface area contributed by atoms with E-state index in [0.717, 1.165) is 36.1 Å². The summed E-state index contributed by atoms with van der Waals surface area (Å²) in [5, 5.41) is 16.0. The number of nitro benzene ring substituents is 1. The number of halogens is 1. The predicted octanol–water partition coefficient (Wildman–Crippen LogP) is 5.04. The topological polar surface area (TPSA) is 104 Å². The van der Waals surface area contributed by atoms with E-state index >= 15 is 0 Å². The molecule has 3 heterocycles. The lowest BCUT2D eigenvalue weighted by molar-refractivity contribution is -0.384. The summed E-state index contributed by atoms with van der Waals surface area (Å²) in [6, 6.07) is 7.53. The van der Waals surface area contributed by atoms with E-state index in [9.17, 15) is 14.9 Å². The molecule has 0 atom stereocenters. The summed E-state index contributed by atoms with van der Waals surface area (Å²) in [6.07, 6.45) is 6.97. The Kier molecular flexibility index (Phi) is 4.91. The molecule has 4 aromatic rings. The van der Waals surface area contributed by atoms with Gasteiger partial charge in [-0.1, -0.05) is 11.6 Å². The first-order valence-electron chi connectivity index (χ1n) is 9.61. The first kappa shape index (κ1) is 19.7. The van der Waals surface area contributed by atoms with Crippen LogP contribution in [0.25, 0.3) is 21.5 Å². The van der Waals surface area contributed by atoms with Crippen LogP contribution in [0.15, 0.2) is 51.0 Å². The van der Waals surface area contributed by atoms with Gasteiger partial charge in [-0.3, -0.25) is 14.9 Å². The maximum absolute atomic E-state index is 13.0. The first-order chi connectivity index (χ1) is 15.0. The molecule has 3 aromatic heterocycles. The van der Waals surface area contributed by atoms with Gasteiger partial charge in [-0.05, 0) is 49.4 Å². The smallest absolute Gasteiger partial charge is 0.282 e. The van der Waals surface area contributed by atoms with Crippen LogP contribution in [0.3, 0.4) is 0 Å². The fraction of sp³-hybridized carbons (Fsp3) is 0.190. The fourth-order valence-electron chi connectivity index (χ4n) is 3.72. The Morgan fingerprint density at radius 1 is 1.26 bits per heavy atom. The molecule has 0 saturated carbocycles. The zero-order chi connectivity index (χ0) is 21.5. The van der Waals surface area contributed by atoms with Crippen LogP contribution in [0, 0.1) is 10.1 Å². The number of thiophene rings is 1. The van der Waals surface area contributed by atoms with Crippen LogP contribution in [-0.4, -0.2) is 20.8 Å². The van der Waals surface area contributed by atoms with E-state index < -0.39 is 4.92 Å². The number of benzene rings is 1. The quantitative estimate of drug-likeness (QED) is 0.244. The average Bonchev–Trinajstić information content (AvgIpc) is 3.38. The Morgan fingerprint density at radius 3 is 2.90 bits per heavy atom. The van der Waals surface area contributed by atoms with Gasteiger partial charge in [0.2, 0.25) is 0 Å². The molecule has 0 amide bonds. The third-order valence-electron chi connectivity index (χ3n) is 5.22. The van der Waals surface area contributed by atoms with E-state index in [4.69, 9.17) is 16.0 Å². The zero-order valence-corrected chi connectivity index (χ0v) is 17.7. The minimum absolute atomic E-state index is 0.0972. The van der Waals surface area contributed by atoms with E-state index in [2.05, 4.69) is 10.1 Å². The second kappa shape index (κ2) is 7.75. The van der Waals surface area contributed by atoms with Gasteiger partial charge in [0.25, 0.3) is 11.2 Å². The molecule has 31 heavy (non-hydrogen) atoms. The summed E-state index contributed by atoms with van der Waals surface area (Å²) in [4.78, 5) is 29.7. The third kappa shape index (κ3) is 3.55. The summed E-state index contributed by atoms with van der Waals surface area (Å²) >= 11 is 7.76. The molecule has 8 nitrogen and oxygen atoms in total. The van der Waals surface area contributed by atoms with Gasteiger partial charge >= 0.3 is 0 Å². The second-order valence-electron chi connectivity index (χ2n) is 7.15. The molecule has 1 aromatic carbocycles. The predicted molar refractivity (Wildman–Crippen MR) is 119 cm³/mol. The van der Waals surface area contributed by atoms with E-state index in [1.54, 1.807) is 23.5 Å². The molecule has 0 saturated heterocycles. The molecule has 0 bridgehead atoms. The van der Waals surface area contributed by atoms with Crippen LogP contribution < -0.4 is 5.56 Å². The van der Waals surface area contributed by atoms with Crippen LogP contribution in [0.5, 0.6) is 0 Å². The molecule has 5 rings (SSSR count). The van der Waals surface area contributed by atoms with E-state index in [1.807, 2.05) is 0 Å². The number of hydrogen-bond acceptors (Lipinski definition) is 7. The molecular weight excluding hydrogens is 440 g/mol. The van der Waals surface area contributed by atoms with Gasteiger partial charge in [0.05, 0.1) is 21.5 Å². The maximum Gasteiger partial charge on any atom is 0.282 e. The van der Waals surface area contributed by atoms with Crippen LogP contribution in [-0.2, 0) is 12.8 Å². The van der Waals surface area contributed by atoms with Gasteiger partial charge in [-0.25, -0.2) is 4.98 Å². The van der Waals surface area contributed by atoms with E-state index in [0.29, 0.717) is 22.5 Å². The summed E-state index contributed by atoms with van der Waals surface area (Å²) < 4.78 is 6.95. The molecule has 1 aliphatic rings. The summed E-state index contributed by atoms with van der Waals surface area (Å²) in [5.74, 6) is 0.845. The van der Waals surface area contributed by atoms with Crippen LogP contribution in [0.2, 0.25) is 5.02 Å². The van der Waals surface area contributed by atoms with Crippen molar-refractivity contribution in [2.24, 2.45) is 5.10 Å². The molecule has 0 radical (unpaired) electrons. The summed E-state index contributed by atoms with van der Waals surface area (Å²) in [5.41, 5.74) is 1.35. The molecule has 0 spiro atoms. The Morgan fingerprint density at radius 2 is 2.10 bits per heavy atom. The Labute approximate surface area is 184 Å². The summed E-state index contributed by atoms with van der Waals surface area (Å²) in [7, 11) is 0. The third-order valence-corrected chi connectivity index (χ3v) is 6.74. The fourth-order valence-corrected chi connectivity index (χ4v) is 5.21. The minimum atomic E-state index is -0.511. The highest BCUT2D eigenvalue weighted by Crippen LogP contribution is 2.34. The van der Waals surface area contributed by atoms with Gasteiger partial charge in [0, 0.05) is 22.6 Å². The van der Waals surface area contributed by atoms with Gasteiger partial charge in [0.15, 0.2) is 0 Å². The van der Waals surface area contributed by atoms with Crippen molar-refractivity contribution in [2.75, 3.05) is 0 Å². The number of nitro groups is 1. The Bertz CT molecular complexity index is 1420. The summed E-state index contributed by atoms with van der Waals surface area (Å²) in [6.45, 7) is 0. The van der Waals surface area contributed by atoms with E-state index in [-0.39, 0.29) is 16.3 Å². The largest absolute Gasteiger partial charge is 0.455 e. The van der Waals surface area contributed by atoms with Crippen molar-refractivity contribution in [2.45, 2.75) is 25.7 Å². The maximum atomic E-state index is 13.0. The van der Waals surface area contributed by atoms with Gasteiger partial charge in [-0.2, -0.15) is 9.78 Å². The van der Waals surface area contributed by atoms with Crippen molar-refractivity contribution < 1.29 is 9.34 Å². The molecule has 0 fully saturated rings. The highest BCUT2D eigenvalue weighted by atomic mass is 35.5. The van der Waals surface area contributed by atoms with Crippen molar-refractivity contribution in [1.29, 1.82) is 0 Å². The van der Waals surface area contributed by atoms with Crippen LogP contribution >= 0.6 is 22.9 Å². The Hall–Kier alpha value is -3.30. The van der Waals surface area contributed by atoms with Gasteiger partial charge < -0.3 is 4.42 Å². The lowest BCUT2D eigenvalue weighted by atomic mass is 9.97. The zero-order valence-electron chi connectivity index (χ0n) is 16.1. The second-order valence-corrected chi connectivity index (χ2v) is 8.64. The molecule has 156 valence electrons. The standard InChI is InChI=1S/C21H15ClN4O4S/c22-16-9-12(26(28)29)5-7-14(16)17-8-6-13(30-17)10-24-25-11-23-20-19(21(25)27)15-3-1-2-4-18(15)31-20/h5-11H,1-4H2/b24-10-. The number of nitrogens with zero attached hydrogens (tertiary/aromatic N) is 4. The van der Waals surface area contributed by atoms with Crippen molar-refractivity contribution >= 4 is 45.1 Å². The number of hydrogen-bond donors (Lipinski definition) is 0. The van der Waals surface area contributed by atoms with Crippen molar-refractivity contribution in [1.82, 2.24) is 9.66 Å². The lowest BCUT2D eigenvalue weighted by Gasteiger charge is -2.09. The highest BCUT2D eigenvalue weighted by Gasteiger charge is 2.20. The number of aryl methyl sites for hydroxylation is 2. The SMILES string of the molecule is O=c1c2c3c(sc2ncn1/N=C\c1ccc(-c2ccc([N+](=O)[O-])cc2Cl)o1)CCCC3. The number of rotatable bonds is 4.